The molecule has 1 fully saturated rings. The van der Waals surface area contributed by atoms with Crippen LogP contribution in [0.4, 0.5) is 0 Å². The van der Waals surface area contributed by atoms with E-state index < -0.39 is 11.2 Å². The molecule has 0 saturated carbocycles. The van der Waals surface area contributed by atoms with E-state index in [0.717, 1.165) is 23.8 Å². The average molecular weight is 395 g/mol. The standard InChI is InChI=1S/C21H25N5O3/c1-23-19-18(20(28)24(2)21(23)29)26(14-22-19)13-17(27)25-11-7-6-10-16(12-25)15-8-4-3-5-9-15/h3-5,8-9,14,16H,6-7,10-13H2,1-2H3. The lowest BCUT2D eigenvalue weighted by atomic mass is 9.94. The predicted molar refractivity (Wildman–Crippen MR) is 110 cm³/mol. The smallest absolute Gasteiger partial charge is 0.332 e. The second kappa shape index (κ2) is 7.69. The van der Waals surface area contributed by atoms with Crippen molar-refractivity contribution in [2.45, 2.75) is 31.7 Å². The zero-order valence-electron chi connectivity index (χ0n) is 16.7. The first-order valence-corrected chi connectivity index (χ1v) is 9.91. The van der Waals surface area contributed by atoms with Gasteiger partial charge >= 0.3 is 5.69 Å². The second-order valence-corrected chi connectivity index (χ2v) is 7.69. The number of hydrogen-bond donors (Lipinski definition) is 0. The van der Waals surface area contributed by atoms with Crippen molar-refractivity contribution in [2.24, 2.45) is 14.1 Å². The molecule has 29 heavy (non-hydrogen) atoms. The highest BCUT2D eigenvalue weighted by Crippen LogP contribution is 2.26. The predicted octanol–water partition coefficient (Wildman–Crippen LogP) is 1.23. The molecular formula is C21H25N5O3. The molecule has 0 bridgehead atoms. The molecule has 1 aliphatic rings. The summed E-state index contributed by atoms with van der Waals surface area (Å²) in [4.78, 5) is 43.9. The molecule has 8 heteroatoms. The van der Waals surface area contributed by atoms with Gasteiger partial charge in [-0.2, -0.15) is 0 Å². The largest absolute Gasteiger partial charge is 0.341 e. The molecule has 3 aromatic rings. The van der Waals surface area contributed by atoms with E-state index in [4.69, 9.17) is 0 Å². The summed E-state index contributed by atoms with van der Waals surface area (Å²) in [7, 11) is 3.01. The molecule has 1 aliphatic heterocycles. The van der Waals surface area contributed by atoms with E-state index in [-0.39, 0.29) is 18.0 Å². The first-order valence-electron chi connectivity index (χ1n) is 9.91. The number of aromatic nitrogens is 4. The SMILES string of the molecule is Cn1c(=O)c2c(ncn2CC(=O)N2CCCCC(c3ccccc3)C2)n(C)c1=O. The second-order valence-electron chi connectivity index (χ2n) is 7.69. The highest BCUT2D eigenvalue weighted by atomic mass is 16.2. The molecule has 152 valence electrons. The molecule has 0 aliphatic carbocycles. The van der Waals surface area contributed by atoms with E-state index in [2.05, 4.69) is 17.1 Å². The Balaban J connectivity index is 1.61. The monoisotopic (exact) mass is 395 g/mol. The lowest BCUT2D eigenvalue weighted by molar-refractivity contribution is -0.131. The van der Waals surface area contributed by atoms with Gasteiger partial charge in [0.25, 0.3) is 5.56 Å². The van der Waals surface area contributed by atoms with E-state index in [1.807, 2.05) is 23.1 Å². The quantitative estimate of drug-likeness (QED) is 0.668. The van der Waals surface area contributed by atoms with Crippen LogP contribution in [0.5, 0.6) is 0 Å². The summed E-state index contributed by atoms with van der Waals surface area (Å²) >= 11 is 0. The van der Waals surface area contributed by atoms with Crippen LogP contribution in [0.1, 0.15) is 30.7 Å². The number of fused-ring (bicyclic) bond motifs is 1. The van der Waals surface area contributed by atoms with Crippen molar-refractivity contribution < 1.29 is 4.79 Å². The third kappa shape index (κ3) is 3.50. The van der Waals surface area contributed by atoms with Crippen molar-refractivity contribution in [3.05, 3.63) is 63.1 Å². The van der Waals surface area contributed by atoms with Crippen molar-refractivity contribution >= 4 is 17.1 Å². The minimum absolute atomic E-state index is 0.0332. The summed E-state index contributed by atoms with van der Waals surface area (Å²) in [6.45, 7) is 1.42. The Kier molecular flexibility index (Phi) is 5.08. The number of aryl methyl sites for hydroxylation is 1. The first-order chi connectivity index (χ1) is 14.0. The summed E-state index contributed by atoms with van der Waals surface area (Å²) in [6.07, 6.45) is 4.58. The first kappa shape index (κ1) is 19.2. The number of imidazole rings is 1. The average Bonchev–Trinajstić information content (AvgIpc) is 2.99. The van der Waals surface area contributed by atoms with Crippen LogP contribution in [-0.2, 0) is 25.4 Å². The fourth-order valence-electron chi connectivity index (χ4n) is 4.13. The summed E-state index contributed by atoms with van der Waals surface area (Å²) in [5.74, 6) is 0.277. The highest BCUT2D eigenvalue weighted by molar-refractivity contribution is 5.79. The Bertz CT molecular complexity index is 1160. The molecule has 0 spiro atoms. The number of rotatable bonds is 3. The molecule has 3 heterocycles. The fraction of sp³-hybridized carbons (Fsp3) is 0.429. The van der Waals surface area contributed by atoms with Crippen LogP contribution in [0.15, 0.2) is 46.2 Å². The third-order valence-corrected chi connectivity index (χ3v) is 5.82. The van der Waals surface area contributed by atoms with Gasteiger partial charge in [0, 0.05) is 33.1 Å². The minimum Gasteiger partial charge on any atom is -0.341 e. The molecule has 4 rings (SSSR count). The van der Waals surface area contributed by atoms with Crippen LogP contribution in [0.3, 0.4) is 0 Å². The van der Waals surface area contributed by atoms with Gasteiger partial charge in [-0.05, 0) is 18.4 Å². The van der Waals surface area contributed by atoms with Gasteiger partial charge in [-0.25, -0.2) is 9.78 Å². The van der Waals surface area contributed by atoms with Crippen LogP contribution in [-0.4, -0.2) is 42.6 Å². The third-order valence-electron chi connectivity index (χ3n) is 5.82. The molecule has 2 aromatic heterocycles. The molecule has 1 aromatic carbocycles. The Morgan fingerprint density at radius 1 is 1.10 bits per heavy atom. The Labute approximate surface area is 168 Å². The van der Waals surface area contributed by atoms with Gasteiger partial charge in [-0.3, -0.25) is 18.7 Å². The minimum atomic E-state index is -0.438. The molecule has 1 unspecified atom stereocenters. The maximum atomic E-state index is 13.1. The van der Waals surface area contributed by atoms with E-state index in [1.165, 1.54) is 23.5 Å². The van der Waals surface area contributed by atoms with E-state index in [9.17, 15) is 14.4 Å². The van der Waals surface area contributed by atoms with Gasteiger partial charge < -0.3 is 9.47 Å². The van der Waals surface area contributed by atoms with Gasteiger partial charge in [0.05, 0.1) is 6.33 Å². The van der Waals surface area contributed by atoms with Gasteiger partial charge in [0.2, 0.25) is 5.91 Å². The van der Waals surface area contributed by atoms with Gasteiger partial charge in [-0.15, -0.1) is 0 Å². The summed E-state index contributed by atoms with van der Waals surface area (Å²) in [6, 6.07) is 10.3. The number of benzene rings is 1. The van der Waals surface area contributed by atoms with Crippen LogP contribution in [0.2, 0.25) is 0 Å². The molecule has 1 atom stereocenters. The molecule has 1 amide bonds. The highest BCUT2D eigenvalue weighted by Gasteiger charge is 2.24. The lowest BCUT2D eigenvalue weighted by Crippen LogP contribution is -2.39. The number of carbonyl (C=O) groups is 1. The van der Waals surface area contributed by atoms with Gasteiger partial charge in [0.1, 0.15) is 6.54 Å². The number of carbonyl (C=O) groups excluding carboxylic acids is 1. The molecule has 1 saturated heterocycles. The zero-order valence-corrected chi connectivity index (χ0v) is 16.7. The van der Waals surface area contributed by atoms with Crippen molar-refractivity contribution in [2.75, 3.05) is 13.1 Å². The fourth-order valence-corrected chi connectivity index (χ4v) is 4.13. The van der Waals surface area contributed by atoms with Gasteiger partial charge in [0.15, 0.2) is 11.2 Å². The zero-order chi connectivity index (χ0) is 20.5. The lowest BCUT2D eigenvalue weighted by Gasteiger charge is -2.25. The van der Waals surface area contributed by atoms with Crippen LogP contribution >= 0.6 is 0 Å². The number of nitrogens with zero attached hydrogens (tertiary/aromatic N) is 5. The maximum absolute atomic E-state index is 13.1. The van der Waals surface area contributed by atoms with E-state index >= 15 is 0 Å². The normalized spacial score (nSPS) is 17.4. The maximum Gasteiger partial charge on any atom is 0.332 e. The van der Waals surface area contributed by atoms with E-state index in [0.29, 0.717) is 24.7 Å². The van der Waals surface area contributed by atoms with Crippen LogP contribution in [0, 0.1) is 0 Å². The Hall–Kier alpha value is -3.16. The van der Waals surface area contributed by atoms with Crippen molar-refractivity contribution in [3.63, 3.8) is 0 Å². The molecule has 0 radical (unpaired) electrons. The van der Waals surface area contributed by atoms with Crippen molar-refractivity contribution in [3.8, 4) is 0 Å². The molecule has 0 N–H and O–H groups in total. The number of amides is 1. The summed E-state index contributed by atoms with van der Waals surface area (Å²) in [5, 5.41) is 0. The van der Waals surface area contributed by atoms with Crippen molar-refractivity contribution in [1.82, 2.24) is 23.6 Å². The van der Waals surface area contributed by atoms with Crippen molar-refractivity contribution in [1.29, 1.82) is 0 Å². The Morgan fingerprint density at radius 3 is 2.62 bits per heavy atom. The van der Waals surface area contributed by atoms with Crippen LogP contribution in [0.25, 0.3) is 11.2 Å². The Morgan fingerprint density at radius 2 is 1.86 bits per heavy atom. The van der Waals surface area contributed by atoms with Crippen LogP contribution < -0.4 is 11.2 Å². The number of hydrogen-bond acceptors (Lipinski definition) is 4. The topological polar surface area (TPSA) is 82.1 Å². The summed E-state index contributed by atoms with van der Waals surface area (Å²) in [5.41, 5.74) is 0.953. The molecular weight excluding hydrogens is 370 g/mol. The summed E-state index contributed by atoms with van der Waals surface area (Å²) < 4.78 is 3.93. The number of likely N-dealkylation sites (tertiary alicyclic amines) is 1. The van der Waals surface area contributed by atoms with E-state index in [1.54, 1.807) is 11.6 Å². The van der Waals surface area contributed by atoms with Gasteiger partial charge in [-0.1, -0.05) is 36.8 Å². The molecule has 8 nitrogen and oxygen atoms in total.